The summed E-state index contributed by atoms with van der Waals surface area (Å²) in [5.74, 6) is -0.586. The zero-order chi connectivity index (χ0) is 14.5. The van der Waals surface area contributed by atoms with Crippen molar-refractivity contribution in [3.05, 3.63) is 74.2 Å². The van der Waals surface area contributed by atoms with Gasteiger partial charge in [-0.1, -0.05) is 34.1 Å². The number of esters is 1. The van der Waals surface area contributed by atoms with Gasteiger partial charge in [-0.2, -0.15) is 0 Å². The van der Waals surface area contributed by atoms with E-state index in [0.717, 1.165) is 10.0 Å². The van der Waals surface area contributed by atoms with Gasteiger partial charge in [0, 0.05) is 16.6 Å². The van der Waals surface area contributed by atoms with Gasteiger partial charge in [0.05, 0.1) is 10.5 Å². The van der Waals surface area contributed by atoms with Gasteiger partial charge >= 0.3 is 5.97 Å². The molecule has 0 bridgehead atoms. The van der Waals surface area contributed by atoms with Crippen molar-refractivity contribution in [2.75, 3.05) is 0 Å². The Bertz CT molecular complexity index is 640. The van der Waals surface area contributed by atoms with Crippen LogP contribution in [0, 0.1) is 10.1 Å². The zero-order valence-electron chi connectivity index (χ0n) is 10.3. The van der Waals surface area contributed by atoms with Crippen LogP contribution in [0.25, 0.3) is 0 Å². The SMILES string of the molecule is O=C(OCc1ccc(Br)cc1)c1cccc([N+](=O)[O-])c1. The molecule has 0 atom stereocenters. The molecular weight excluding hydrogens is 326 g/mol. The number of hydrogen-bond donors (Lipinski definition) is 0. The van der Waals surface area contributed by atoms with Crippen molar-refractivity contribution in [3.63, 3.8) is 0 Å². The third-order valence-corrected chi connectivity index (χ3v) is 3.10. The molecule has 5 nitrogen and oxygen atoms in total. The fraction of sp³-hybridized carbons (Fsp3) is 0.0714. The number of hydrogen-bond acceptors (Lipinski definition) is 4. The molecule has 0 unspecified atom stereocenters. The first-order valence-electron chi connectivity index (χ1n) is 5.72. The Hall–Kier alpha value is -2.21. The van der Waals surface area contributed by atoms with Crippen molar-refractivity contribution in [2.24, 2.45) is 0 Å². The molecule has 2 aromatic carbocycles. The predicted octanol–water partition coefficient (Wildman–Crippen LogP) is 3.71. The van der Waals surface area contributed by atoms with Crippen molar-refractivity contribution in [3.8, 4) is 0 Å². The highest BCUT2D eigenvalue weighted by Gasteiger charge is 2.12. The standard InChI is InChI=1S/C14H10BrNO4/c15-12-6-4-10(5-7-12)9-20-14(17)11-2-1-3-13(8-11)16(18)19/h1-8H,9H2. The number of carbonyl (C=O) groups excluding carboxylic acids is 1. The van der Waals surface area contributed by atoms with Crippen LogP contribution in [-0.4, -0.2) is 10.9 Å². The number of nitro benzene ring substituents is 1. The van der Waals surface area contributed by atoms with Crippen LogP contribution in [-0.2, 0) is 11.3 Å². The number of nitrogens with zero attached hydrogens (tertiary/aromatic N) is 1. The normalized spacial score (nSPS) is 10.1. The monoisotopic (exact) mass is 335 g/mol. The number of halogens is 1. The number of benzene rings is 2. The van der Waals surface area contributed by atoms with Gasteiger partial charge in [-0.15, -0.1) is 0 Å². The van der Waals surface area contributed by atoms with E-state index in [1.807, 2.05) is 24.3 Å². The summed E-state index contributed by atoms with van der Waals surface area (Å²) in [6, 6.07) is 12.8. The fourth-order valence-electron chi connectivity index (χ4n) is 1.56. The Balaban J connectivity index is 2.03. The van der Waals surface area contributed by atoms with E-state index in [9.17, 15) is 14.9 Å². The van der Waals surface area contributed by atoms with Crippen molar-refractivity contribution < 1.29 is 14.5 Å². The first kappa shape index (κ1) is 14.2. The first-order valence-corrected chi connectivity index (χ1v) is 6.51. The summed E-state index contributed by atoms with van der Waals surface area (Å²) < 4.78 is 6.05. The lowest BCUT2D eigenvalue weighted by molar-refractivity contribution is -0.384. The lowest BCUT2D eigenvalue weighted by atomic mass is 10.2. The van der Waals surface area contributed by atoms with Crippen LogP contribution < -0.4 is 0 Å². The Morgan fingerprint density at radius 2 is 1.90 bits per heavy atom. The van der Waals surface area contributed by atoms with Gasteiger partial charge in [-0.05, 0) is 23.8 Å². The maximum atomic E-state index is 11.8. The molecule has 0 aromatic heterocycles. The van der Waals surface area contributed by atoms with Gasteiger partial charge < -0.3 is 4.74 Å². The molecule has 0 radical (unpaired) electrons. The molecule has 0 aliphatic carbocycles. The van der Waals surface area contributed by atoms with E-state index in [4.69, 9.17) is 4.74 Å². The van der Waals surface area contributed by atoms with E-state index >= 15 is 0 Å². The smallest absolute Gasteiger partial charge is 0.338 e. The Labute approximate surface area is 123 Å². The number of non-ortho nitro benzene ring substituents is 1. The topological polar surface area (TPSA) is 69.4 Å². The van der Waals surface area contributed by atoms with Gasteiger partial charge in [0.1, 0.15) is 6.61 Å². The molecule has 0 spiro atoms. The van der Waals surface area contributed by atoms with Crippen LogP contribution in [0.5, 0.6) is 0 Å². The summed E-state index contributed by atoms with van der Waals surface area (Å²) >= 11 is 3.31. The highest BCUT2D eigenvalue weighted by atomic mass is 79.9. The Morgan fingerprint density at radius 1 is 1.20 bits per heavy atom. The lowest BCUT2D eigenvalue weighted by Crippen LogP contribution is -2.05. The molecule has 0 amide bonds. The molecule has 0 heterocycles. The van der Waals surface area contributed by atoms with Gasteiger partial charge in [-0.25, -0.2) is 4.79 Å². The summed E-state index contributed by atoms with van der Waals surface area (Å²) in [5.41, 5.74) is 0.867. The molecule has 2 aromatic rings. The quantitative estimate of drug-likeness (QED) is 0.485. The Kier molecular flexibility index (Phi) is 4.47. The van der Waals surface area contributed by atoms with Crippen LogP contribution in [0.2, 0.25) is 0 Å². The third kappa shape index (κ3) is 3.64. The van der Waals surface area contributed by atoms with Crippen LogP contribution in [0.4, 0.5) is 5.69 Å². The first-order chi connectivity index (χ1) is 9.56. The minimum atomic E-state index is -0.586. The van der Waals surface area contributed by atoms with E-state index in [2.05, 4.69) is 15.9 Å². The molecule has 6 heteroatoms. The van der Waals surface area contributed by atoms with Gasteiger partial charge in [0.15, 0.2) is 0 Å². The van der Waals surface area contributed by atoms with E-state index in [-0.39, 0.29) is 17.9 Å². The average Bonchev–Trinajstić information content (AvgIpc) is 2.46. The van der Waals surface area contributed by atoms with E-state index in [1.165, 1.54) is 24.3 Å². The van der Waals surface area contributed by atoms with E-state index < -0.39 is 10.9 Å². The fourth-order valence-corrected chi connectivity index (χ4v) is 1.82. The number of nitro groups is 1. The van der Waals surface area contributed by atoms with Crippen molar-refractivity contribution >= 4 is 27.6 Å². The molecular formula is C14H10BrNO4. The molecule has 102 valence electrons. The number of carbonyl (C=O) groups is 1. The molecule has 0 fully saturated rings. The largest absolute Gasteiger partial charge is 0.457 e. The molecule has 0 aliphatic rings. The lowest BCUT2D eigenvalue weighted by Gasteiger charge is -2.05. The molecule has 0 saturated heterocycles. The zero-order valence-corrected chi connectivity index (χ0v) is 11.9. The van der Waals surface area contributed by atoms with Crippen LogP contribution in [0.15, 0.2) is 53.0 Å². The minimum absolute atomic E-state index is 0.120. The van der Waals surface area contributed by atoms with E-state index in [0.29, 0.717) is 0 Å². The second kappa shape index (κ2) is 6.29. The molecule has 0 N–H and O–H groups in total. The number of ether oxygens (including phenoxy) is 1. The highest BCUT2D eigenvalue weighted by Crippen LogP contribution is 2.15. The van der Waals surface area contributed by atoms with E-state index in [1.54, 1.807) is 0 Å². The summed E-state index contributed by atoms with van der Waals surface area (Å²) in [7, 11) is 0. The summed E-state index contributed by atoms with van der Waals surface area (Å²) in [6.45, 7) is 0.120. The second-order valence-electron chi connectivity index (χ2n) is 4.01. The molecule has 2 rings (SSSR count). The minimum Gasteiger partial charge on any atom is -0.457 e. The van der Waals surface area contributed by atoms with Gasteiger partial charge in [0.25, 0.3) is 5.69 Å². The van der Waals surface area contributed by atoms with Crippen molar-refractivity contribution in [2.45, 2.75) is 6.61 Å². The van der Waals surface area contributed by atoms with Crippen LogP contribution in [0.1, 0.15) is 15.9 Å². The summed E-state index contributed by atoms with van der Waals surface area (Å²) in [5, 5.41) is 10.6. The van der Waals surface area contributed by atoms with Crippen molar-refractivity contribution in [1.29, 1.82) is 0 Å². The third-order valence-electron chi connectivity index (χ3n) is 2.58. The van der Waals surface area contributed by atoms with Crippen LogP contribution in [0.3, 0.4) is 0 Å². The summed E-state index contributed by atoms with van der Waals surface area (Å²) in [6.07, 6.45) is 0. The molecule has 20 heavy (non-hydrogen) atoms. The predicted molar refractivity (Wildman–Crippen MR) is 76.4 cm³/mol. The maximum Gasteiger partial charge on any atom is 0.338 e. The number of rotatable bonds is 4. The highest BCUT2D eigenvalue weighted by molar-refractivity contribution is 9.10. The Morgan fingerprint density at radius 3 is 2.55 bits per heavy atom. The van der Waals surface area contributed by atoms with Crippen LogP contribution >= 0.6 is 15.9 Å². The van der Waals surface area contributed by atoms with Gasteiger partial charge in [-0.3, -0.25) is 10.1 Å². The molecule has 0 saturated carbocycles. The molecule has 0 aliphatic heterocycles. The van der Waals surface area contributed by atoms with Gasteiger partial charge in [0.2, 0.25) is 0 Å². The maximum absolute atomic E-state index is 11.8. The van der Waals surface area contributed by atoms with Crippen molar-refractivity contribution in [1.82, 2.24) is 0 Å². The second-order valence-corrected chi connectivity index (χ2v) is 4.93. The summed E-state index contributed by atoms with van der Waals surface area (Å²) in [4.78, 5) is 21.9. The average molecular weight is 336 g/mol.